The number of hydrogen-bond donors (Lipinski definition) is 2. The fraction of sp³-hybridized carbons (Fsp3) is 0.625. The lowest BCUT2D eigenvalue weighted by molar-refractivity contribution is -0.232. The van der Waals surface area contributed by atoms with Crippen molar-refractivity contribution in [1.82, 2.24) is 0 Å². The minimum atomic E-state index is -1.04. The second-order valence-corrected chi connectivity index (χ2v) is 6.08. The summed E-state index contributed by atoms with van der Waals surface area (Å²) in [6.07, 6.45) is -3.25. The second-order valence-electron chi connectivity index (χ2n) is 6.08. The highest BCUT2D eigenvalue weighted by Gasteiger charge is 2.56. The average molecular weight is 310 g/mol. The summed E-state index contributed by atoms with van der Waals surface area (Å²) < 4.78 is 23.1. The molecule has 6 nitrogen and oxygen atoms in total. The second kappa shape index (κ2) is 6.23. The minimum absolute atomic E-state index is 0.372. The number of rotatable bonds is 5. The molecule has 2 N–H and O–H groups in total. The summed E-state index contributed by atoms with van der Waals surface area (Å²) in [6.45, 7) is 3.58. The van der Waals surface area contributed by atoms with Gasteiger partial charge in [-0.25, -0.2) is 0 Å². The lowest BCUT2D eigenvalue weighted by Gasteiger charge is -2.28. The van der Waals surface area contributed by atoms with Crippen molar-refractivity contribution >= 4 is 0 Å². The van der Waals surface area contributed by atoms with Gasteiger partial charge in [0.1, 0.15) is 24.4 Å². The molecule has 0 radical (unpaired) electrons. The van der Waals surface area contributed by atoms with E-state index in [-0.39, 0.29) is 0 Å². The first-order valence-corrected chi connectivity index (χ1v) is 7.46. The van der Waals surface area contributed by atoms with E-state index in [4.69, 9.17) is 18.9 Å². The number of aliphatic hydroxyl groups excluding tert-OH is 2. The van der Waals surface area contributed by atoms with Crippen LogP contribution in [0.25, 0.3) is 0 Å². The molecule has 5 atom stereocenters. The summed E-state index contributed by atoms with van der Waals surface area (Å²) in [4.78, 5) is 0. The third-order valence-corrected chi connectivity index (χ3v) is 3.88. The van der Waals surface area contributed by atoms with Crippen molar-refractivity contribution < 1.29 is 29.2 Å². The molecule has 0 amide bonds. The van der Waals surface area contributed by atoms with Gasteiger partial charge in [0.05, 0.1) is 13.2 Å². The van der Waals surface area contributed by atoms with E-state index in [0.717, 1.165) is 5.56 Å². The van der Waals surface area contributed by atoms with Crippen LogP contribution in [0.4, 0.5) is 0 Å². The van der Waals surface area contributed by atoms with Crippen molar-refractivity contribution in [2.24, 2.45) is 0 Å². The zero-order valence-corrected chi connectivity index (χ0v) is 12.7. The van der Waals surface area contributed by atoms with E-state index in [1.165, 1.54) is 0 Å². The molecule has 0 bridgehead atoms. The van der Waals surface area contributed by atoms with Crippen LogP contribution in [-0.4, -0.2) is 53.3 Å². The van der Waals surface area contributed by atoms with E-state index >= 15 is 0 Å². The van der Waals surface area contributed by atoms with E-state index in [0.29, 0.717) is 6.61 Å². The molecule has 0 aliphatic carbocycles. The van der Waals surface area contributed by atoms with Crippen molar-refractivity contribution in [2.45, 2.75) is 56.9 Å². The van der Waals surface area contributed by atoms with Crippen molar-refractivity contribution in [3.63, 3.8) is 0 Å². The minimum Gasteiger partial charge on any atom is -0.394 e. The highest BCUT2D eigenvalue weighted by atomic mass is 16.8. The van der Waals surface area contributed by atoms with Crippen LogP contribution >= 0.6 is 0 Å². The van der Waals surface area contributed by atoms with Crippen molar-refractivity contribution in [2.75, 3.05) is 6.61 Å². The smallest absolute Gasteiger partial charge is 0.190 e. The molecular formula is C16H22O6. The summed E-state index contributed by atoms with van der Waals surface area (Å²) in [6, 6.07) is 9.73. The molecule has 0 saturated carbocycles. The SMILES string of the molecule is CC1(C)OC2O[C@H](C(O)CO)[C@H](OCc3ccccc3)C2O1. The lowest BCUT2D eigenvalue weighted by Crippen LogP contribution is -2.44. The maximum Gasteiger partial charge on any atom is 0.190 e. The summed E-state index contributed by atoms with van der Waals surface area (Å²) >= 11 is 0. The van der Waals surface area contributed by atoms with Gasteiger partial charge in [-0.1, -0.05) is 30.3 Å². The Labute approximate surface area is 129 Å². The Morgan fingerprint density at radius 2 is 1.95 bits per heavy atom. The molecular weight excluding hydrogens is 288 g/mol. The lowest BCUT2D eigenvalue weighted by atomic mass is 10.1. The molecule has 0 aromatic heterocycles. The molecule has 6 heteroatoms. The molecule has 2 saturated heterocycles. The largest absolute Gasteiger partial charge is 0.394 e. The number of ether oxygens (including phenoxy) is 4. The van der Waals surface area contributed by atoms with E-state index in [2.05, 4.69) is 0 Å². The Balaban J connectivity index is 1.71. The number of aliphatic hydroxyl groups is 2. The van der Waals surface area contributed by atoms with Crippen LogP contribution < -0.4 is 0 Å². The first-order valence-electron chi connectivity index (χ1n) is 7.46. The van der Waals surface area contributed by atoms with Gasteiger partial charge >= 0.3 is 0 Å². The molecule has 2 aliphatic rings. The van der Waals surface area contributed by atoms with Crippen LogP contribution in [0.3, 0.4) is 0 Å². The van der Waals surface area contributed by atoms with Gasteiger partial charge in [0.2, 0.25) is 0 Å². The zero-order chi connectivity index (χ0) is 15.7. The molecule has 3 rings (SSSR count). The van der Waals surface area contributed by atoms with Crippen LogP contribution in [0.1, 0.15) is 19.4 Å². The van der Waals surface area contributed by atoms with Gasteiger partial charge in [0.25, 0.3) is 0 Å². The Morgan fingerprint density at radius 3 is 2.64 bits per heavy atom. The maximum absolute atomic E-state index is 9.94. The van der Waals surface area contributed by atoms with Gasteiger partial charge in [-0.3, -0.25) is 0 Å². The monoisotopic (exact) mass is 310 g/mol. The maximum atomic E-state index is 9.94. The summed E-state index contributed by atoms with van der Waals surface area (Å²) in [5.41, 5.74) is 1.02. The molecule has 2 heterocycles. The highest BCUT2D eigenvalue weighted by molar-refractivity contribution is 5.13. The third kappa shape index (κ3) is 3.17. The summed E-state index contributed by atoms with van der Waals surface area (Å²) in [5.74, 6) is -0.751. The van der Waals surface area contributed by atoms with Gasteiger partial charge in [-0.2, -0.15) is 0 Å². The fourth-order valence-corrected chi connectivity index (χ4v) is 2.87. The molecule has 2 aliphatic heterocycles. The van der Waals surface area contributed by atoms with Gasteiger partial charge in [-0.05, 0) is 19.4 Å². The number of benzene rings is 1. The number of fused-ring (bicyclic) bond motifs is 1. The quantitative estimate of drug-likeness (QED) is 0.838. The molecule has 22 heavy (non-hydrogen) atoms. The predicted molar refractivity (Wildman–Crippen MR) is 76.8 cm³/mol. The fourth-order valence-electron chi connectivity index (χ4n) is 2.87. The summed E-state index contributed by atoms with van der Waals surface area (Å²) in [7, 11) is 0. The Hall–Kier alpha value is -1.02. The Morgan fingerprint density at radius 1 is 1.23 bits per heavy atom. The van der Waals surface area contributed by atoms with E-state index in [1.54, 1.807) is 13.8 Å². The van der Waals surface area contributed by atoms with Gasteiger partial charge in [0.15, 0.2) is 12.1 Å². The van der Waals surface area contributed by atoms with Crippen molar-refractivity contribution in [1.29, 1.82) is 0 Å². The van der Waals surface area contributed by atoms with Gasteiger partial charge in [-0.15, -0.1) is 0 Å². The van der Waals surface area contributed by atoms with Crippen LogP contribution in [-0.2, 0) is 25.6 Å². The molecule has 0 spiro atoms. The Bertz CT molecular complexity index is 491. The predicted octanol–water partition coefficient (Wildman–Crippen LogP) is 0.801. The highest BCUT2D eigenvalue weighted by Crippen LogP contribution is 2.39. The van der Waals surface area contributed by atoms with E-state index in [9.17, 15) is 10.2 Å². The van der Waals surface area contributed by atoms with Crippen molar-refractivity contribution in [3.8, 4) is 0 Å². The third-order valence-electron chi connectivity index (χ3n) is 3.88. The molecule has 1 aromatic rings. The van der Waals surface area contributed by atoms with Crippen molar-refractivity contribution in [3.05, 3.63) is 35.9 Å². The van der Waals surface area contributed by atoms with Gasteiger partial charge < -0.3 is 29.2 Å². The number of hydrogen-bond acceptors (Lipinski definition) is 6. The zero-order valence-electron chi connectivity index (χ0n) is 12.7. The molecule has 1 aromatic carbocycles. The van der Waals surface area contributed by atoms with Crippen LogP contribution in [0.5, 0.6) is 0 Å². The first-order chi connectivity index (χ1) is 10.5. The first kappa shape index (κ1) is 15.9. The molecule has 122 valence electrons. The van der Waals surface area contributed by atoms with Gasteiger partial charge in [0, 0.05) is 0 Å². The Kier molecular flexibility index (Phi) is 4.49. The summed E-state index contributed by atoms with van der Waals surface area (Å²) in [5, 5.41) is 19.1. The van der Waals surface area contributed by atoms with Crippen LogP contribution in [0.2, 0.25) is 0 Å². The van der Waals surface area contributed by atoms with Crippen LogP contribution in [0.15, 0.2) is 30.3 Å². The standard InChI is InChI=1S/C16H22O6/c1-16(2)21-14-13(19-9-10-6-4-3-5-7-10)12(11(18)8-17)20-15(14)22-16/h3-7,11-15,17-18H,8-9H2,1-2H3/t11?,12-,13+,14?,15?/m1/s1. The topological polar surface area (TPSA) is 77.4 Å². The average Bonchev–Trinajstić information content (AvgIpc) is 2.97. The molecule has 2 fully saturated rings. The molecule has 3 unspecified atom stereocenters. The van der Waals surface area contributed by atoms with Crippen LogP contribution in [0, 0.1) is 0 Å². The normalized spacial score (nSPS) is 34.5. The van der Waals surface area contributed by atoms with E-state index < -0.39 is 43.1 Å². The van der Waals surface area contributed by atoms with E-state index in [1.807, 2.05) is 30.3 Å².